The van der Waals surface area contributed by atoms with Gasteiger partial charge in [0, 0.05) is 32.1 Å². The average Bonchev–Trinajstić information content (AvgIpc) is 2.20. The molecule has 1 aliphatic heterocycles. The molecule has 1 saturated heterocycles. The van der Waals surface area contributed by atoms with Crippen LogP contribution in [0.1, 0.15) is 33.1 Å². The lowest BCUT2D eigenvalue weighted by molar-refractivity contribution is -0.117. The average molecular weight is 212 g/mol. The summed E-state index contributed by atoms with van der Waals surface area (Å²) >= 11 is 0. The second kappa shape index (κ2) is 6.23. The van der Waals surface area contributed by atoms with Crippen LogP contribution in [0, 0.1) is 0 Å². The van der Waals surface area contributed by atoms with E-state index in [1.165, 1.54) is 19.5 Å². The molecule has 0 saturated carbocycles. The van der Waals surface area contributed by atoms with E-state index in [4.69, 9.17) is 0 Å². The summed E-state index contributed by atoms with van der Waals surface area (Å²) in [6, 6.07) is 0.705. The van der Waals surface area contributed by atoms with E-state index in [1.54, 1.807) is 6.92 Å². The van der Waals surface area contributed by atoms with Gasteiger partial charge in [0.25, 0.3) is 0 Å². The smallest absolute Gasteiger partial charge is 0.129 e. The standard InChI is InChI=1S/C12H24N2O/c1-4-12-10-14(9-8-13(12)3)7-5-6-11(2)15/h12H,4-10H2,1-3H3. The zero-order valence-electron chi connectivity index (χ0n) is 10.3. The number of ketones is 1. The molecule has 0 aromatic rings. The minimum absolute atomic E-state index is 0.316. The van der Waals surface area contributed by atoms with Crippen molar-refractivity contribution in [2.45, 2.75) is 39.2 Å². The molecule has 1 fully saturated rings. The van der Waals surface area contributed by atoms with E-state index in [-0.39, 0.29) is 0 Å². The van der Waals surface area contributed by atoms with Gasteiger partial charge in [-0.3, -0.25) is 0 Å². The molecular weight excluding hydrogens is 188 g/mol. The number of likely N-dealkylation sites (N-methyl/N-ethyl adjacent to an activating group) is 1. The van der Waals surface area contributed by atoms with Crippen molar-refractivity contribution >= 4 is 5.78 Å². The Bertz CT molecular complexity index is 206. The fourth-order valence-electron chi connectivity index (χ4n) is 2.21. The summed E-state index contributed by atoms with van der Waals surface area (Å²) in [6.07, 6.45) is 2.98. The number of carbonyl (C=O) groups excluding carboxylic acids is 1. The third kappa shape index (κ3) is 4.31. The van der Waals surface area contributed by atoms with Gasteiger partial charge in [0.2, 0.25) is 0 Å². The lowest BCUT2D eigenvalue weighted by Crippen LogP contribution is -2.51. The van der Waals surface area contributed by atoms with Gasteiger partial charge >= 0.3 is 0 Å². The third-order valence-electron chi connectivity index (χ3n) is 3.34. The lowest BCUT2D eigenvalue weighted by atomic mass is 10.1. The van der Waals surface area contributed by atoms with Crippen LogP contribution in [0.25, 0.3) is 0 Å². The van der Waals surface area contributed by atoms with Gasteiger partial charge in [0.15, 0.2) is 0 Å². The first kappa shape index (κ1) is 12.7. The molecule has 0 aromatic carbocycles. The first-order chi connectivity index (χ1) is 7.13. The van der Waals surface area contributed by atoms with E-state index < -0.39 is 0 Å². The molecule has 0 radical (unpaired) electrons. The molecule has 88 valence electrons. The van der Waals surface area contributed by atoms with Crippen LogP contribution in [0.15, 0.2) is 0 Å². The van der Waals surface area contributed by atoms with E-state index in [2.05, 4.69) is 23.8 Å². The maximum atomic E-state index is 10.8. The number of piperazine rings is 1. The molecule has 1 atom stereocenters. The minimum atomic E-state index is 0.316. The van der Waals surface area contributed by atoms with E-state index in [9.17, 15) is 4.79 Å². The van der Waals surface area contributed by atoms with Crippen LogP contribution in [-0.2, 0) is 4.79 Å². The Balaban J connectivity index is 2.23. The van der Waals surface area contributed by atoms with Gasteiger partial charge in [0.05, 0.1) is 0 Å². The van der Waals surface area contributed by atoms with Crippen molar-refractivity contribution in [1.29, 1.82) is 0 Å². The van der Waals surface area contributed by atoms with Crippen molar-refractivity contribution in [2.24, 2.45) is 0 Å². The van der Waals surface area contributed by atoms with Crippen molar-refractivity contribution in [3.05, 3.63) is 0 Å². The van der Waals surface area contributed by atoms with Gasteiger partial charge < -0.3 is 14.6 Å². The Morgan fingerprint density at radius 1 is 1.40 bits per heavy atom. The molecule has 15 heavy (non-hydrogen) atoms. The van der Waals surface area contributed by atoms with E-state index >= 15 is 0 Å². The third-order valence-corrected chi connectivity index (χ3v) is 3.34. The molecule has 0 aromatic heterocycles. The number of hydrogen-bond donors (Lipinski definition) is 0. The Morgan fingerprint density at radius 2 is 2.13 bits per heavy atom. The summed E-state index contributed by atoms with van der Waals surface area (Å²) in [4.78, 5) is 15.8. The highest BCUT2D eigenvalue weighted by Gasteiger charge is 2.22. The zero-order valence-corrected chi connectivity index (χ0v) is 10.3. The second-order valence-corrected chi connectivity index (χ2v) is 4.65. The first-order valence-electron chi connectivity index (χ1n) is 6.05. The number of nitrogens with zero attached hydrogens (tertiary/aromatic N) is 2. The van der Waals surface area contributed by atoms with Crippen LogP contribution in [0.2, 0.25) is 0 Å². The predicted molar refractivity (Wildman–Crippen MR) is 63.1 cm³/mol. The van der Waals surface area contributed by atoms with Crippen LogP contribution >= 0.6 is 0 Å². The fraction of sp³-hybridized carbons (Fsp3) is 0.917. The predicted octanol–water partition coefficient (Wildman–Crippen LogP) is 1.38. The molecule has 0 aliphatic carbocycles. The number of rotatable bonds is 5. The van der Waals surface area contributed by atoms with Crippen molar-refractivity contribution in [1.82, 2.24) is 9.80 Å². The molecule has 0 bridgehead atoms. The summed E-state index contributed by atoms with van der Waals surface area (Å²) in [5, 5.41) is 0. The van der Waals surface area contributed by atoms with Gasteiger partial charge in [-0.05, 0) is 33.4 Å². The molecule has 1 unspecified atom stereocenters. The summed E-state index contributed by atoms with van der Waals surface area (Å²) < 4.78 is 0. The van der Waals surface area contributed by atoms with E-state index in [0.717, 1.165) is 25.9 Å². The Hall–Kier alpha value is -0.410. The lowest BCUT2D eigenvalue weighted by Gasteiger charge is -2.39. The van der Waals surface area contributed by atoms with Gasteiger partial charge in [0.1, 0.15) is 5.78 Å². The quantitative estimate of drug-likeness (QED) is 0.688. The molecule has 0 amide bonds. The maximum Gasteiger partial charge on any atom is 0.129 e. The van der Waals surface area contributed by atoms with Crippen LogP contribution < -0.4 is 0 Å². The van der Waals surface area contributed by atoms with Gasteiger partial charge in [-0.2, -0.15) is 0 Å². The highest BCUT2D eigenvalue weighted by molar-refractivity contribution is 5.75. The largest absolute Gasteiger partial charge is 0.301 e. The summed E-state index contributed by atoms with van der Waals surface area (Å²) in [7, 11) is 2.21. The van der Waals surface area contributed by atoms with E-state index in [1.807, 2.05) is 0 Å². The minimum Gasteiger partial charge on any atom is -0.301 e. The molecule has 3 nitrogen and oxygen atoms in total. The SMILES string of the molecule is CCC1CN(CCCC(C)=O)CCN1C. The monoisotopic (exact) mass is 212 g/mol. The number of carbonyl (C=O) groups is 1. The van der Waals surface area contributed by atoms with Crippen LogP contribution in [-0.4, -0.2) is 54.9 Å². The summed E-state index contributed by atoms with van der Waals surface area (Å²) in [6.45, 7) is 8.51. The molecular formula is C12H24N2O. The van der Waals surface area contributed by atoms with Gasteiger partial charge in [-0.25, -0.2) is 0 Å². The van der Waals surface area contributed by atoms with Crippen molar-refractivity contribution in [2.75, 3.05) is 33.2 Å². The Kier molecular flexibility index (Phi) is 5.26. The zero-order chi connectivity index (χ0) is 11.3. The summed E-state index contributed by atoms with van der Waals surface area (Å²) in [5.74, 6) is 0.316. The molecule has 0 N–H and O–H groups in total. The maximum absolute atomic E-state index is 10.8. The molecule has 1 rings (SSSR count). The van der Waals surface area contributed by atoms with Crippen LogP contribution in [0.3, 0.4) is 0 Å². The van der Waals surface area contributed by atoms with Crippen molar-refractivity contribution < 1.29 is 4.79 Å². The Labute approximate surface area is 93.4 Å². The van der Waals surface area contributed by atoms with Gasteiger partial charge in [-0.1, -0.05) is 6.92 Å². The second-order valence-electron chi connectivity index (χ2n) is 4.65. The molecule has 1 aliphatic rings. The molecule has 1 heterocycles. The number of Topliss-reactive ketones (excluding diaryl/α,β-unsaturated/α-hetero) is 1. The highest BCUT2D eigenvalue weighted by Crippen LogP contribution is 2.11. The summed E-state index contributed by atoms with van der Waals surface area (Å²) in [5.41, 5.74) is 0. The van der Waals surface area contributed by atoms with E-state index in [0.29, 0.717) is 11.8 Å². The highest BCUT2D eigenvalue weighted by atomic mass is 16.1. The topological polar surface area (TPSA) is 23.6 Å². The number of hydrogen-bond acceptors (Lipinski definition) is 3. The first-order valence-corrected chi connectivity index (χ1v) is 6.05. The van der Waals surface area contributed by atoms with Crippen molar-refractivity contribution in [3.8, 4) is 0 Å². The molecule has 0 spiro atoms. The normalized spacial score (nSPS) is 24.3. The van der Waals surface area contributed by atoms with Crippen molar-refractivity contribution in [3.63, 3.8) is 0 Å². The van der Waals surface area contributed by atoms with Crippen LogP contribution in [0.5, 0.6) is 0 Å². The fourth-order valence-corrected chi connectivity index (χ4v) is 2.21. The Morgan fingerprint density at radius 3 is 2.73 bits per heavy atom. The van der Waals surface area contributed by atoms with Gasteiger partial charge in [-0.15, -0.1) is 0 Å². The molecule has 3 heteroatoms. The van der Waals surface area contributed by atoms with Crippen LogP contribution in [0.4, 0.5) is 0 Å².